The van der Waals surface area contributed by atoms with E-state index in [1.807, 2.05) is 48.9 Å². The van der Waals surface area contributed by atoms with Crippen LogP contribution in [0, 0.1) is 13.8 Å². The van der Waals surface area contributed by atoms with Gasteiger partial charge in [0, 0.05) is 17.8 Å². The SMILES string of the molecule is Cc1nn(-c2ccccc2)c(C)c1CC(=O)N1CCOC2CCCC21. The highest BCUT2D eigenvalue weighted by atomic mass is 16.5. The summed E-state index contributed by atoms with van der Waals surface area (Å²) in [5.41, 5.74) is 4.07. The van der Waals surface area contributed by atoms with Gasteiger partial charge >= 0.3 is 0 Å². The lowest BCUT2D eigenvalue weighted by Gasteiger charge is -2.37. The summed E-state index contributed by atoms with van der Waals surface area (Å²) >= 11 is 0. The maximum atomic E-state index is 13.0. The number of para-hydroxylation sites is 1. The maximum absolute atomic E-state index is 13.0. The van der Waals surface area contributed by atoms with E-state index in [2.05, 4.69) is 10.00 Å². The van der Waals surface area contributed by atoms with Gasteiger partial charge in [0.05, 0.1) is 36.6 Å². The van der Waals surface area contributed by atoms with E-state index < -0.39 is 0 Å². The monoisotopic (exact) mass is 339 g/mol. The minimum Gasteiger partial charge on any atom is -0.374 e. The van der Waals surface area contributed by atoms with Gasteiger partial charge in [-0.1, -0.05) is 18.2 Å². The molecule has 0 N–H and O–H groups in total. The molecule has 1 saturated heterocycles. The molecule has 1 aromatic carbocycles. The van der Waals surface area contributed by atoms with Crippen LogP contribution in [0.15, 0.2) is 30.3 Å². The Morgan fingerprint density at radius 2 is 2.04 bits per heavy atom. The van der Waals surface area contributed by atoms with Crippen molar-refractivity contribution in [3.8, 4) is 5.69 Å². The van der Waals surface area contributed by atoms with Gasteiger partial charge < -0.3 is 9.64 Å². The quantitative estimate of drug-likeness (QED) is 0.864. The summed E-state index contributed by atoms with van der Waals surface area (Å²) in [6.45, 7) is 5.42. The average Bonchev–Trinajstić information content (AvgIpc) is 3.22. The van der Waals surface area contributed by atoms with Crippen LogP contribution in [0.4, 0.5) is 0 Å². The molecule has 1 saturated carbocycles. The van der Waals surface area contributed by atoms with Gasteiger partial charge in [-0.25, -0.2) is 4.68 Å². The van der Waals surface area contributed by atoms with Crippen LogP contribution in [0.1, 0.15) is 36.2 Å². The fourth-order valence-corrected chi connectivity index (χ4v) is 4.24. The van der Waals surface area contributed by atoms with Crippen molar-refractivity contribution >= 4 is 5.91 Å². The van der Waals surface area contributed by atoms with Crippen molar-refractivity contribution in [2.45, 2.75) is 51.7 Å². The standard InChI is InChI=1S/C20H25N3O2/c1-14-17(15(2)23(21-14)16-7-4-3-5-8-16)13-20(24)22-11-12-25-19-10-6-9-18(19)22/h3-5,7-8,18-19H,6,9-13H2,1-2H3. The lowest BCUT2D eigenvalue weighted by atomic mass is 10.1. The molecule has 1 amide bonds. The number of ether oxygens (including phenoxy) is 1. The van der Waals surface area contributed by atoms with E-state index in [0.717, 1.165) is 41.9 Å². The van der Waals surface area contributed by atoms with E-state index in [4.69, 9.17) is 4.74 Å². The Hall–Kier alpha value is -2.14. The molecule has 0 bridgehead atoms. The molecular weight excluding hydrogens is 314 g/mol. The van der Waals surface area contributed by atoms with E-state index in [9.17, 15) is 4.79 Å². The van der Waals surface area contributed by atoms with Crippen molar-refractivity contribution in [2.75, 3.05) is 13.2 Å². The van der Waals surface area contributed by atoms with E-state index in [0.29, 0.717) is 19.6 Å². The van der Waals surface area contributed by atoms with Crippen molar-refractivity contribution in [3.63, 3.8) is 0 Å². The first-order valence-corrected chi connectivity index (χ1v) is 9.16. The summed E-state index contributed by atoms with van der Waals surface area (Å²) in [4.78, 5) is 15.0. The first-order chi connectivity index (χ1) is 12.1. The summed E-state index contributed by atoms with van der Waals surface area (Å²) in [6, 6.07) is 10.4. The van der Waals surface area contributed by atoms with Crippen LogP contribution >= 0.6 is 0 Å². The smallest absolute Gasteiger partial charge is 0.227 e. The second-order valence-electron chi connectivity index (χ2n) is 7.07. The molecule has 1 aliphatic carbocycles. The zero-order valence-electron chi connectivity index (χ0n) is 14.9. The number of benzene rings is 1. The molecular formula is C20H25N3O2. The predicted molar refractivity (Wildman–Crippen MR) is 95.8 cm³/mol. The van der Waals surface area contributed by atoms with Crippen LogP contribution in [0.3, 0.4) is 0 Å². The molecule has 1 aromatic heterocycles. The summed E-state index contributed by atoms with van der Waals surface area (Å²) in [7, 11) is 0. The number of aryl methyl sites for hydroxylation is 1. The van der Waals surface area contributed by atoms with Crippen molar-refractivity contribution in [3.05, 3.63) is 47.3 Å². The van der Waals surface area contributed by atoms with E-state index in [1.165, 1.54) is 0 Å². The molecule has 2 aromatic rings. The molecule has 2 atom stereocenters. The van der Waals surface area contributed by atoms with Gasteiger partial charge in [-0.2, -0.15) is 5.10 Å². The van der Waals surface area contributed by atoms with Crippen molar-refractivity contribution < 1.29 is 9.53 Å². The first-order valence-electron chi connectivity index (χ1n) is 9.16. The van der Waals surface area contributed by atoms with Crippen molar-refractivity contribution in [2.24, 2.45) is 0 Å². The molecule has 5 nitrogen and oxygen atoms in total. The maximum Gasteiger partial charge on any atom is 0.227 e. The third-order valence-electron chi connectivity index (χ3n) is 5.57. The zero-order valence-corrected chi connectivity index (χ0v) is 14.9. The molecule has 132 valence electrons. The molecule has 4 rings (SSSR count). The summed E-state index contributed by atoms with van der Waals surface area (Å²) < 4.78 is 7.77. The number of morpholine rings is 1. The Balaban J connectivity index is 1.56. The lowest BCUT2D eigenvalue weighted by molar-refractivity contribution is -0.143. The number of carbonyl (C=O) groups excluding carboxylic acids is 1. The molecule has 2 unspecified atom stereocenters. The fraction of sp³-hybridized carbons (Fsp3) is 0.500. The number of carbonyl (C=O) groups is 1. The van der Waals surface area contributed by atoms with E-state index >= 15 is 0 Å². The number of hydrogen-bond acceptors (Lipinski definition) is 3. The number of rotatable bonds is 3. The van der Waals surface area contributed by atoms with E-state index in [1.54, 1.807) is 0 Å². The van der Waals surface area contributed by atoms with Gasteiger partial charge in [-0.3, -0.25) is 4.79 Å². The molecule has 2 fully saturated rings. The highest BCUT2D eigenvalue weighted by Gasteiger charge is 2.38. The molecule has 1 aliphatic heterocycles. The second kappa shape index (κ2) is 6.64. The average molecular weight is 339 g/mol. The highest BCUT2D eigenvalue weighted by Crippen LogP contribution is 2.30. The van der Waals surface area contributed by atoms with Gasteiger partial charge in [0.25, 0.3) is 0 Å². The summed E-state index contributed by atoms with van der Waals surface area (Å²) in [5, 5.41) is 4.67. The van der Waals surface area contributed by atoms with Crippen LogP contribution < -0.4 is 0 Å². The Morgan fingerprint density at radius 1 is 1.24 bits per heavy atom. The van der Waals surface area contributed by atoms with Crippen LogP contribution in [-0.4, -0.2) is 45.9 Å². The van der Waals surface area contributed by atoms with Crippen LogP contribution in [-0.2, 0) is 16.0 Å². The number of hydrogen-bond donors (Lipinski definition) is 0. The van der Waals surface area contributed by atoms with Crippen molar-refractivity contribution in [1.29, 1.82) is 0 Å². The number of fused-ring (bicyclic) bond motifs is 1. The highest BCUT2D eigenvalue weighted by molar-refractivity contribution is 5.80. The van der Waals surface area contributed by atoms with Gasteiger partial charge in [0.1, 0.15) is 0 Å². The largest absolute Gasteiger partial charge is 0.374 e. The minimum absolute atomic E-state index is 0.207. The number of aromatic nitrogens is 2. The zero-order chi connectivity index (χ0) is 17.4. The molecule has 2 heterocycles. The normalized spacial score (nSPS) is 22.9. The fourth-order valence-electron chi connectivity index (χ4n) is 4.24. The van der Waals surface area contributed by atoms with Crippen molar-refractivity contribution in [1.82, 2.24) is 14.7 Å². The summed E-state index contributed by atoms with van der Waals surface area (Å²) in [6.07, 6.45) is 3.97. The molecule has 0 radical (unpaired) electrons. The van der Waals surface area contributed by atoms with E-state index in [-0.39, 0.29) is 18.1 Å². The molecule has 0 spiro atoms. The van der Waals surface area contributed by atoms with Gasteiger partial charge in [0.15, 0.2) is 0 Å². The molecule has 25 heavy (non-hydrogen) atoms. The Bertz CT molecular complexity index is 769. The van der Waals surface area contributed by atoms with Gasteiger partial charge in [-0.15, -0.1) is 0 Å². The third-order valence-corrected chi connectivity index (χ3v) is 5.57. The Labute approximate surface area is 148 Å². The molecule has 2 aliphatic rings. The third kappa shape index (κ3) is 2.97. The first kappa shape index (κ1) is 16.3. The number of amides is 1. The predicted octanol–water partition coefficient (Wildman–Crippen LogP) is 2.81. The van der Waals surface area contributed by atoms with Gasteiger partial charge in [0.2, 0.25) is 5.91 Å². The number of nitrogens with zero attached hydrogens (tertiary/aromatic N) is 3. The molecule has 5 heteroatoms. The topological polar surface area (TPSA) is 47.4 Å². The second-order valence-corrected chi connectivity index (χ2v) is 7.07. The summed E-state index contributed by atoms with van der Waals surface area (Å²) in [5.74, 6) is 0.207. The lowest BCUT2D eigenvalue weighted by Crippen LogP contribution is -2.51. The van der Waals surface area contributed by atoms with Gasteiger partial charge in [-0.05, 0) is 45.2 Å². The van der Waals surface area contributed by atoms with Crippen LogP contribution in [0.5, 0.6) is 0 Å². The minimum atomic E-state index is 0.207. The van der Waals surface area contributed by atoms with Crippen LogP contribution in [0.2, 0.25) is 0 Å². The Morgan fingerprint density at radius 3 is 2.84 bits per heavy atom. The van der Waals surface area contributed by atoms with Crippen LogP contribution in [0.25, 0.3) is 5.69 Å². The Kier molecular flexibility index (Phi) is 4.34.